The molecular weight excluding hydrogens is 112 g/mol. The molecule has 0 aromatic carbocycles. The van der Waals surface area contributed by atoms with Gasteiger partial charge in [-0.05, 0) is 19.8 Å². The van der Waals surface area contributed by atoms with E-state index in [1.807, 2.05) is 0 Å². The number of halogens is 1. The van der Waals surface area contributed by atoms with E-state index in [9.17, 15) is 0 Å². The van der Waals surface area contributed by atoms with Gasteiger partial charge in [0, 0.05) is 6.61 Å². The van der Waals surface area contributed by atoms with E-state index in [1.165, 1.54) is 12.8 Å². The Morgan fingerprint density at radius 2 is 2.29 bits per heavy atom. The highest BCUT2D eigenvalue weighted by atomic mass is 35.5. The minimum absolute atomic E-state index is 0. The van der Waals surface area contributed by atoms with Crippen LogP contribution in [0, 0.1) is 0 Å². The van der Waals surface area contributed by atoms with Crippen molar-refractivity contribution in [2.75, 3.05) is 6.61 Å². The number of hydrogen-bond donors (Lipinski definition) is 0. The second kappa shape index (κ2) is 3.28. The summed E-state index contributed by atoms with van der Waals surface area (Å²) < 4.78 is 5.15. The summed E-state index contributed by atoms with van der Waals surface area (Å²) in [6.45, 7) is 3.11. The molecule has 1 nitrogen and oxygen atoms in total. The molecule has 1 fully saturated rings. The molecule has 1 atom stereocenters. The first kappa shape index (κ1) is 7.25. The molecule has 0 amide bonds. The van der Waals surface area contributed by atoms with Crippen LogP contribution < -0.4 is 0 Å². The highest BCUT2D eigenvalue weighted by Gasteiger charge is 2.07. The van der Waals surface area contributed by atoms with Gasteiger partial charge >= 0.3 is 0 Å². The van der Waals surface area contributed by atoms with Gasteiger partial charge < -0.3 is 4.74 Å². The van der Waals surface area contributed by atoms with Crippen molar-refractivity contribution in [3.63, 3.8) is 0 Å². The molecule has 44 valence electrons. The van der Waals surface area contributed by atoms with Gasteiger partial charge in [-0.1, -0.05) is 0 Å². The van der Waals surface area contributed by atoms with Crippen molar-refractivity contribution in [3.8, 4) is 0 Å². The van der Waals surface area contributed by atoms with Crippen LogP contribution in [0.5, 0.6) is 0 Å². The predicted molar refractivity (Wildman–Crippen MR) is 31.9 cm³/mol. The Balaban J connectivity index is 0.000000360. The fourth-order valence-electron chi connectivity index (χ4n) is 0.739. The van der Waals surface area contributed by atoms with Gasteiger partial charge in [0.15, 0.2) is 0 Å². The number of hydrogen-bond acceptors (Lipinski definition) is 1. The van der Waals surface area contributed by atoms with Crippen LogP contribution in [0.1, 0.15) is 19.8 Å². The van der Waals surface area contributed by atoms with Gasteiger partial charge in [0.05, 0.1) is 6.10 Å². The lowest BCUT2D eigenvalue weighted by atomic mass is 10.3. The zero-order chi connectivity index (χ0) is 4.41. The molecule has 1 aliphatic heterocycles. The summed E-state index contributed by atoms with van der Waals surface area (Å²) in [7, 11) is 0. The van der Waals surface area contributed by atoms with Crippen molar-refractivity contribution in [1.82, 2.24) is 0 Å². The summed E-state index contributed by atoms with van der Waals surface area (Å²) in [5.74, 6) is 0. The first-order valence-corrected chi connectivity index (χ1v) is 2.51. The minimum Gasteiger partial charge on any atom is -0.379 e. The maximum Gasteiger partial charge on any atom is 0.0547 e. The molecule has 2 heteroatoms. The molecule has 0 radical (unpaired) electrons. The van der Waals surface area contributed by atoms with Crippen LogP contribution in [0.15, 0.2) is 0 Å². The van der Waals surface area contributed by atoms with E-state index in [-0.39, 0.29) is 12.4 Å². The third-order valence-electron chi connectivity index (χ3n) is 1.16. The topological polar surface area (TPSA) is 9.23 Å². The molecule has 1 rings (SSSR count). The molecule has 1 heterocycles. The van der Waals surface area contributed by atoms with Gasteiger partial charge in [-0.2, -0.15) is 0 Å². The lowest BCUT2D eigenvalue weighted by Gasteiger charge is -1.94. The number of rotatable bonds is 0. The molecule has 0 saturated carbocycles. The smallest absolute Gasteiger partial charge is 0.0547 e. The fraction of sp³-hybridized carbons (Fsp3) is 1.00. The lowest BCUT2D eigenvalue weighted by Crippen LogP contribution is -1.94. The van der Waals surface area contributed by atoms with E-state index < -0.39 is 0 Å². The zero-order valence-corrected chi connectivity index (χ0v) is 5.33. The highest BCUT2D eigenvalue weighted by Crippen LogP contribution is 2.09. The lowest BCUT2D eigenvalue weighted by molar-refractivity contribution is 0.125. The molecule has 0 aliphatic carbocycles. The fourth-order valence-corrected chi connectivity index (χ4v) is 0.739. The first-order chi connectivity index (χ1) is 2.89. The van der Waals surface area contributed by atoms with Crippen LogP contribution in [0.3, 0.4) is 0 Å². The van der Waals surface area contributed by atoms with Crippen molar-refractivity contribution in [3.05, 3.63) is 0 Å². The second-order valence-electron chi connectivity index (χ2n) is 1.82. The average molecular weight is 123 g/mol. The van der Waals surface area contributed by atoms with Gasteiger partial charge in [0.2, 0.25) is 0 Å². The quantitative estimate of drug-likeness (QED) is 0.474. The Kier molecular flexibility index (Phi) is 3.39. The van der Waals surface area contributed by atoms with Crippen LogP contribution in [-0.4, -0.2) is 12.7 Å². The predicted octanol–water partition coefficient (Wildman–Crippen LogP) is 1.61. The Morgan fingerprint density at radius 3 is 2.43 bits per heavy atom. The Labute approximate surface area is 50.5 Å². The number of ether oxygens (including phenoxy) is 1. The Hall–Kier alpha value is 0.250. The second-order valence-corrected chi connectivity index (χ2v) is 1.82. The summed E-state index contributed by atoms with van der Waals surface area (Å²) in [5, 5.41) is 0. The van der Waals surface area contributed by atoms with Gasteiger partial charge in [0.1, 0.15) is 0 Å². The van der Waals surface area contributed by atoms with E-state index in [4.69, 9.17) is 4.74 Å². The Morgan fingerprint density at radius 1 is 1.57 bits per heavy atom. The van der Waals surface area contributed by atoms with Crippen LogP contribution >= 0.6 is 12.4 Å². The highest BCUT2D eigenvalue weighted by molar-refractivity contribution is 5.85. The summed E-state index contributed by atoms with van der Waals surface area (Å²) in [6, 6.07) is 0. The van der Waals surface area contributed by atoms with Crippen LogP contribution in [0.4, 0.5) is 0 Å². The summed E-state index contributed by atoms with van der Waals surface area (Å²) in [5.41, 5.74) is 0. The van der Waals surface area contributed by atoms with Gasteiger partial charge in [-0.25, -0.2) is 0 Å². The van der Waals surface area contributed by atoms with Gasteiger partial charge in [-0.15, -0.1) is 12.4 Å². The molecule has 0 N–H and O–H groups in total. The molecule has 7 heavy (non-hydrogen) atoms. The van der Waals surface area contributed by atoms with Crippen LogP contribution in [0.25, 0.3) is 0 Å². The van der Waals surface area contributed by atoms with Crippen molar-refractivity contribution < 1.29 is 4.74 Å². The standard InChI is InChI=1S/C5H10O.ClH/c1-5-3-2-4-6-5;/h5H,2-4H2,1H3;1H. The van der Waals surface area contributed by atoms with E-state index in [0.29, 0.717) is 6.10 Å². The molecule has 0 aromatic rings. The molecule has 0 aromatic heterocycles. The Bertz CT molecular complexity index is 41.3. The largest absolute Gasteiger partial charge is 0.379 e. The van der Waals surface area contributed by atoms with Crippen molar-refractivity contribution in [1.29, 1.82) is 0 Å². The molecule has 0 bridgehead atoms. The summed E-state index contributed by atoms with van der Waals surface area (Å²) >= 11 is 0. The van der Waals surface area contributed by atoms with E-state index >= 15 is 0 Å². The molecular formula is C5H11ClO. The zero-order valence-electron chi connectivity index (χ0n) is 4.52. The van der Waals surface area contributed by atoms with E-state index in [2.05, 4.69) is 6.92 Å². The van der Waals surface area contributed by atoms with Crippen LogP contribution in [-0.2, 0) is 4.74 Å². The average Bonchev–Trinajstić information content (AvgIpc) is 1.86. The molecule has 1 saturated heterocycles. The minimum atomic E-state index is 0. The summed E-state index contributed by atoms with van der Waals surface area (Å²) in [4.78, 5) is 0. The molecule has 0 spiro atoms. The van der Waals surface area contributed by atoms with Crippen molar-refractivity contribution in [2.24, 2.45) is 0 Å². The normalized spacial score (nSPS) is 29.6. The monoisotopic (exact) mass is 122 g/mol. The van der Waals surface area contributed by atoms with Crippen LogP contribution in [0.2, 0.25) is 0 Å². The third-order valence-corrected chi connectivity index (χ3v) is 1.16. The maximum absolute atomic E-state index is 5.15. The summed E-state index contributed by atoms with van der Waals surface area (Å²) in [6.07, 6.45) is 3.08. The van der Waals surface area contributed by atoms with Crippen molar-refractivity contribution in [2.45, 2.75) is 25.9 Å². The van der Waals surface area contributed by atoms with Crippen molar-refractivity contribution >= 4 is 12.4 Å². The van der Waals surface area contributed by atoms with Gasteiger partial charge in [-0.3, -0.25) is 0 Å². The SMILES string of the molecule is CC1CCCO1.Cl. The van der Waals surface area contributed by atoms with E-state index in [0.717, 1.165) is 6.61 Å². The third kappa shape index (κ3) is 2.15. The molecule has 1 aliphatic rings. The molecule has 1 unspecified atom stereocenters. The maximum atomic E-state index is 5.15. The van der Waals surface area contributed by atoms with Gasteiger partial charge in [0.25, 0.3) is 0 Å². The van der Waals surface area contributed by atoms with E-state index in [1.54, 1.807) is 0 Å². The first-order valence-electron chi connectivity index (χ1n) is 2.51.